The van der Waals surface area contributed by atoms with Gasteiger partial charge in [0.15, 0.2) is 11.5 Å². The minimum atomic E-state index is 0.553. The van der Waals surface area contributed by atoms with Crippen LogP contribution in [0.25, 0.3) is 22.5 Å². The van der Waals surface area contributed by atoms with E-state index in [9.17, 15) is 0 Å². The number of nitrogens with zero attached hydrogens (tertiary/aromatic N) is 1. The normalized spacial score (nSPS) is 10.8. The number of aryl methyl sites for hydroxylation is 1. The summed E-state index contributed by atoms with van der Waals surface area (Å²) >= 11 is 0. The molecular weight excluding hydrogens is 412 g/mol. The maximum atomic E-state index is 5.87. The standard InChI is InChI=1S/C28H30N2O3/c1-31-24-17-16-21(19-25(24)32-2)20-33-18-10-9-15-26-29-27(22-11-5-3-6-12-22)28(30-26)23-13-7-4-8-14-23/h3-8,11-14,16-17,19H,9-10,15,18,20H2,1-2H3,(H,29,30). The first-order chi connectivity index (χ1) is 16.3. The molecule has 0 aliphatic carbocycles. The number of rotatable bonds is 11. The van der Waals surface area contributed by atoms with Gasteiger partial charge in [0.1, 0.15) is 5.82 Å². The highest BCUT2D eigenvalue weighted by atomic mass is 16.5. The molecule has 0 aliphatic heterocycles. The third kappa shape index (κ3) is 5.82. The number of nitrogens with one attached hydrogen (secondary N) is 1. The number of H-pyrrole nitrogens is 1. The number of hydrogen-bond donors (Lipinski definition) is 1. The number of unbranched alkanes of at least 4 members (excludes halogenated alkanes) is 1. The van der Waals surface area contributed by atoms with Gasteiger partial charge in [-0.25, -0.2) is 4.98 Å². The van der Waals surface area contributed by atoms with Gasteiger partial charge >= 0.3 is 0 Å². The molecule has 5 heteroatoms. The van der Waals surface area contributed by atoms with Crippen LogP contribution in [0.5, 0.6) is 11.5 Å². The summed E-state index contributed by atoms with van der Waals surface area (Å²) in [6, 6.07) is 26.6. The van der Waals surface area contributed by atoms with Gasteiger partial charge in [0, 0.05) is 24.2 Å². The average Bonchev–Trinajstić information content (AvgIpc) is 3.31. The lowest BCUT2D eigenvalue weighted by molar-refractivity contribution is 0.117. The van der Waals surface area contributed by atoms with Crippen molar-refractivity contribution >= 4 is 0 Å². The number of hydrogen-bond acceptors (Lipinski definition) is 4. The lowest BCUT2D eigenvalue weighted by Gasteiger charge is -2.10. The number of imidazole rings is 1. The summed E-state index contributed by atoms with van der Waals surface area (Å²) in [6.45, 7) is 1.25. The molecule has 0 saturated heterocycles. The molecule has 0 bridgehead atoms. The van der Waals surface area contributed by atoms with Gasteiger partial charge < -0.3 is 19.2 Å². The maximum Gasteiger partial charge on any atom is 0.161 e. The summed E-state index contributed by atoms with van der Waals surface area (Å²) in [5.74, 6) is 2.46. The Labute approximate surface area is 195 Å². The molecule has 0 spiro atoms. The van der Waals surface area contributed by atoms with E-state index in [2.05, 4.69) is 41.4 Å². The summed E-state index contributed by atoms with van der Waals surface area (Å²) in [4.78, 5) is 8.49. The van der Waals surface area contributed by atoms with Crippen molar-refractivity contribution in [2.45, 2.75) is 25.9 Å². The van der Waals surface area contributed by atoms with Gasteiger partial charge in [-0.05, 0) is 30.5 Å². The molecule has 0 aliphatic rings. The molecule has 4 rings (SSSR count). The Hall–Kier alpha value is -3.57. The molecule has 5 nitrogen and oxygen atoms in total. The highest BCUT2D eigenvalue weighted by Gasteiger charge is 2.13. The minimum Gasteiger partial charge on any atom is -0.493 e. The Balaban J connectivity index is 1.32. The third-order valence-corrected chi connectivity index (χ3v) is 5.53. The minimum absolute atomic E-state index is 0.553. The molecule has 170 valence electrons. The molecular formula is C28H30N2O3. The Morgan fingerprint density at radius 2 is 1.45 bits per heavy atom. The third-order valence-electron chi connectivity index (χ3n) is 5.53. The number of benzene rings is 3. The van der Waals surface area contributed by atoms with Crippen LogP contribution in [0.4, 0.5) is 0 Å². The maximum absolute atomic E-state index is 5.87. The first kappa shape index (κ1) is 22.6. The van der Waals surface area contributed by atoms with Crippen LogP contribution in [0.3, 0.4) is 0 Å². The van der Waals surface area contributed by atoms with Gasteiger partial charge in [-0.2, -0.15) is 0 Å². The summed E-state index contributed by atoms with van der Waals surface area (Å²) in [5, 5.41) is 0. The molecule has 0 fully saturated rings. The SMILES string of the molecule is COc1ccc(COCCCCc2nc(-c3ccccc3)c(-c3ccccc3)[nH]2)cc1OC. The smallest absolute Gasteiger partial charge is 0.161 e. The van der Waals surface area contributed by atoms with E-state index in [1.807, 2.05) is 42.5 Å². The van der Waals surface area contributed by atoms with E-state index in [1.165, 1.54) is 0 Å². The number of aromatic nitrogens is 2. The van der Waals surface area contributed by atoms with Crippen molar-refractivity contribution in [1.82, 2.24) is 9.97 Å². The number of aromatic amines is 1. The highest BCUT2D eigenvalue weighted by molar-refractivity contribution is 5.78. The molecule has 0 radical (unpaired) electrons. The van der Waals surface area contributed by atoms with Crippen LogP contribution in [0, 0.1) is 0 Å². The average molecular weight is 443 g/mol. The van der Waals surface area contributed by atoms with E-state index in [0.29, 0.717) is 13.2 Å². The number of methoxy groups -OCH3 is 2. The summed E-state index contributed by atoms with van der Waals surface area (Å²) in [7, 11) is 3.28. The van der Waals surface area contributed by atoms with Crippen molar-refractivity contribution in [2.75, 3.05) is 20.8 Å². The van der Waals surface area contributed by atoms with E-state index in [0.717, 1.165) is 64.7 Å². The van der Waals surface area contributed by atoms with Crippen LogP contribution in [0.1, 0.15) is 24.2 Å². The van der Waals surface area contributed by atoms with Crippen LogP contribution in [0.15, 0.2) is 78.9 Å². The first-order valence-corrected chi connectivity index (χ1v) is 11.3. The summed E-state index contributed by atoms with van der Waals surface area (Å²) < 4.78 is 16.5. The second-order valence-corrected chi connectivity index (χ2v) is 7.84. The van der Waals surface area contributed by atoms with Gasteiger partial charge in [0.2, 0.25) is 0 Å². The van der Waals surface area contributed by atoms with Gasteiger partial charge in [-0.3, -0.25) is 0 Å². The van der Waals surface area contributed by atoms with Crippen molar-refractivity contribution in [1.29, 1.82) is 0 Å². The van der Waals surface area contributed by atoms with Crippen molar-refractivity contribution < 1.29 is 14.2 Å². The largest absolute Gasteiger partial charge is 0.493 e. The fourth-order valence-electron chi connectivity index (χ4n) is 3.82. The van der Waals surface area contributed by atoms with Crippen molar-refractivity contribution in [3.05, 3.63) is 90.3 Å². The summed E-state index contributed by atoms with van der Waals surface area (Å²) in [6.07, 6.45) is 2.85. The highest BCUT2D eigenvalue weighted by Crippen LogP contribution is 2.30. The zero-order chi connectivity index (χ0) is 22.9. The van der Waals surface area contributed by atoms with Crippen LogP contribution in [-0.4, -0.2) is 30.8 Å². The molecule has 33 heavy (non-hydrogen) atoms. The molecule has 0 atom stereocenters. The van der Waals surface area contributed by atoms with Crippen molar-refractivity contribution in [3.63, 3.8) is 0 Å². The van der Waals surface area contributed by atoms with Gasteiger partial charge in [0.05, 0.1) is 32.2 Å². The van der Waals surface area contributed by atoms with Crippen LogP contribution >= 0.6 is 0 Å². The first-order valence-electron chi connectivity index (χ1n) is 11.3. The molecule has 1 N–H and O–H groups in total. The number of ether oxygens (including phenoxy) is 3. The van der Waals surface area contributed by atoms with Crippen LogP contribution in [0.2, 0.25) is 0 Å². The zero-order valence-corrected chi connectivity index (χ0v) is 19.2. The summed E-state index contributed by atoms with van der Waals surface area (Å²) in [5.41, 5.74) is 5.41. The fourth-order valence-corrected chi connectivity index (χ4v) is 3.82. The monoisotopic (exact) mass is 442 g/mol. The van der Waals surface area contributed by atoms with E-state index >= 15 is 0 Å². The molecule has 1 aromatic heterocycles. The molecule has 0 saturated carbocycles. The van der Waals surface area contributed by atoms with E-state index in [4.69, 9.17) is 19.2 Å². The molecule has 0 unspecified atom stereocenters. The Morgan fingerprint density at radius 3 is 2.15 bits per heavy atom. The van der Waals surface area contributed by atoms with E-state index in [-0.39, 0.29) is 0 Å². The zero-order valence-electron chi connectivity index (χ0n) is 19.2. The second kappa shape index (κ2) is 11.3. The molecule has 3 aromatic carbocycles. The Bertz CT molecular complexity index is 1080. The van der Waals surface area contributed by atoms with Gasteiger partial charge in [-0.15, -0.1) is 0 Å². The lowest BCUT2D eigenvalue weighted by atomic mass is 10.1. The fraction of sp³-hybridized carbons (Fsp3) is 0.250. The molecule has 0 amide bonds. The van der Waals surface area contributed by atoms with Crippen LogP contribution in [-0.2, 0) is 17.8 Å². The predicted octanol–water partition coefficient (Wildman–Crippen LogP) is 6.30. The second-order valence-electron chi connectivity index (χ2n) is 7.84. The van der Waals surface area contributed by atoms with Gasteiger partial charge in [0.25, 0.3) is 0 Å². The van der Waals surface area contributed by atoms with E-state index in [1.54, 1.807) is 14.2 Å². The Morgan fingerprint density at radius 1 is 0.758 bits per heavy atom. The van der Waals surface area contributed by atoms with Crippen molar-refractivity contribution in [2.24, 2.45) is 0 Å². The Kier molecular flexibility index (Phi) is 7.77. The predicted molar refractivity (Wildman–Crippen MR) is 132 cm³/mol. The quantitative estimate of drug-likeness (QED) is 0.277. The van der Waals surface area contributed by atoms with E-state index < -0.39 is 0 Å². The van der Waals surface area contributed by atoms with Gasteiger partial charge in [-0.1, -0.05) is 66.7 Å². The topological polar surface area (TPSA) is 56.4 Å². The lowest BCUT2D eigenvalue weighted by Crippen LogP contribution is -1.98. The van der Waals surface area contributed by atoms with Crippen LogP contribution < -0.4 is 9.47 Å². The molecule has 4 aromatic rings. The van der Waals surface area contributed by atoms with Crippen molar-refractivity contribution in [3.8, 4) is 34.0 Å². The molecule has 1 heterocycles.